The molecule has 1 aliphatic rings. The summed E-state index contributed by atoms with van der Waals surface area (Å²) >= 11 is 0. The first-order valence-electron chi connectivity index (χ1n) is 6.59. The molecule has 0 aromatic carbocycles. The molecule has 0 aliphatic carbocycles. The van der Waals surface area contributed by atoms with Gasteiger partial charge in [0.1, 0.15) is 0 Å². The average Bonchev–Trinajstić information content (AvgIpc) is 2.23. The molecular formula is C13H27N3O. The molecule has 0 saturated carbocycles. The highest BCUT2D eigenvalue weighted by molar-refractivity contribution is 5.81. The van der Waals surface area contributed by atoms with Gasteiger partial charge in [0.25, 0.3) is 0 Å². The monoisotopic (exact) mass is 241 g/mol. The van der Waals surface area contributed by atoms with Crippen molar-refractivity contribution in [2.45, 2.75) is 52.2 Å². The van der Waals surface area contributed by atoms with Crippen LogP contribution in [0, 0.1) is 5.92 Å². The minimum absolute atomic E-state index is 0.116. The Morgan fingerprint density at radius 1 is 1.29 bits per heavy atom. The Hall–Kier alpha value is -0.610. The normalized spacial score (nSPS) is 28.5. The van der Waals surface area contributed by atoms with E-state index >= 15 is 0 Å². The third-order valence-electron chi connectivity index (χ3n) is 3.71. The quantitative estimate of drug-likeness (QED) is 0.799. The molecule has 0 aromatic heterocycles. The van der Waals surface area contributed by atoms with Crippen LogP contribution in [0.15, 0.2) is 0 Å². The van der Waals surface area contributed by atoms with Crippen LogP contribution in [-0.2, 0) is 4.79 Å². The van der Waals surface area contributed by atoms with Crippen molar-refractivity contribution < 1.29 is 4.79 Å². The SMILES string of the molecule is CC(C)C[C@H](N)C(=O)N1CC(C)N(C)C(C)C1. The van der Waals surface area contributed by atoms with Crippen molar-refractivity contribution in [1.82, 2.24) is 9.80 Å². The lowest BCUT2D eigenvalue weighted by Crippen LogP contribution is -2.59. The molecule has 100 valence electrons. The molecule has 1 fully saturated rings. The lowest BCUT2D eigenvalue weighted by atomic mass is 10.0. The Morgan fingerprint density at radius 2 is 1.76 bits per heavy atom. The number of likely N-dealkylation sites (N-methyl/N-ethyl adjacent to an activating group) is 1. The van der Waals surface area contributed by atoms with E-state index in [9.17, 15) is 4.79 Å². The van der Waals surface area contributed by atoms with Gasteiger partial charge in [-0.2, -0.15) is 0 Å². The molecule has 0 aromatic rings. The van der Waals surface area contributed by atoms with Crippen molar-refractivity contribution >= 4 is 5.91 Å². The van der Waals surface area contributed by atoms with Crippen molar-refractivity contribution in [3.63, 3.8) is 0 Å². The number of amides is 1. The van der Waals surface area contributed by atoms with Crippen LogP contribution < -0.4 is 5.73 Å². The summed E-state index contributed by atoms with van der Waals surface area (Å²) in [5.41, 5.74) is 5.97. The van der Waals surface area contributed by atoms with E-state index in [1.807, 2.05) is 4.90 Å². The molecule has 4 heteroatoms. The zero-order valence-corrected chi connectivity index (χ0v) is 11.8. The molecule has 2 N–H and O–H groups in total. The van der Waals surface area contributed by atoms with Gasteiger partial charge in [-0.1, -0.05) is 13.8 Å². The standard InChI is InChI=1S/C13H27N3O/c1-9(2)6-12(14)13(17)16-7-10(3)15(5)11(4)8-16/h9-12H,6-8,14H2,1-5H3/t10?,11?,12-/m0/s1. The molecule has 17 heavy (non-hydrogen) atoms. The largest absolute Gasteiger partial charge is 0.338 e. The van der Waals surface area contributed by atoms with E-state index in [1.54, 1.807) is 0 Å². The van der Waals surface area contributed by atoms with E-state index in [1.165, 1.54) is 0 Å². The van der Waals surface area contributed by atoms with E-state index in [0.29, 0.717) is 18.0 Å². The van der Waals surface area contributed by atoms with Gasteiger partial charge in [0, 0.05) is 25.2 Å². The molecule has 0 bridgehead atoms. The molecule has 4 nitrogen and oxygen atoms in total. The van der Waals surface area contributed by atoms with Crippen molar-refractivity contribution in [2.75, 3.05) is 20.1 Å². The van der Waals surface area contributed by atoms with Gasteiger partial charge in [-0.15, -0.1) is 0 Å². The molecule has 1 saturated heterocycles. The second-order valence-corrected chi connectivity index (χ2v) is 5.84. The van der Waals surface area contributed by atoms with Crippen LogP contribution >= 0.6 is 0 Å². The number of hydrogen-bond donors (Lipinski definition) is 1. The first-order valence-corrected chi connectivity index (χ1v) is 6.59. The summed E-state index contributed by atoms with van der Waals surface area (Å²) in [5, 5.41) is 0. The van der Waals surface area contributed by atoms with Crippen LogP contribution in [0.1, 0.15) is 34.1 Å². The van der Waals surface area contributed by atoms with Crippen molar-refractivity contribution in [3.8, 4) is 0 Å². The third-order valence-corrected chi connectivity index (χ3v) is 3.71. The molecule has 0 spiro atoms. The maximum absolute atomic E-state index is 12.2. The summed E-state index contributed by atoms with van der Waals surface area (Å²) in [7, 11) is 2.12. The Labute approximate surface area is 105 Å². The van der Waals surface area contributed by atoms with Gasteiger partial charge in [-0.25, -0.2) is 0 Å². The van der Waals surface area contributed by atoms with Crippen LogP contribution in [-0.4, -0.2) is 54.0 Å². The summed E-state index contributed by atoms with van der Waals surface area (Å²) in [6, 6.07) is 0.487. The minimum Gasteiger partial charge on any atom is -0.338 e. The number of nitrogens with zero attached hydrogens (tertiary/aromatic N) is 2. The van der Waals surface area contributed by atoms with E-state index in [2.05, 4.69) is 39.6 Å². The van der Waals surface area contributed by atoms with Crippen LogP contribution in [0.2, 0.25) is 0 Å². The number of rotatable bonds is 3. The lowest BCUT2D eigenvalue weighted by Gasteiger charge is -2.43. The molecule has 1 amide bonds. The summed E-state index contributed by atoms with van der Waals surface area (Å²) < 4.78 is 0. The topological polar surface area (TPSA) is 49.6 Å². The van der Waals surface area contributed by atoms with E-state index < -0.39 is 0 Å². The highest BCUT2D eigenvalue weighted by Gasteiger charge is 2.31. The molecule has 0 radical (unpaired) electrons. The molecular weight excluding hydrogens is 214 g/mol. The van der Waals surface area contributed by atoms with Crippen LogP contribution in [0.5, 0.6) is 0 Å². The summed E-state index contributed by atoms with van der Waals surface area (Å²) in [6.07, 6.45) is 0.772. The maximum Gasteiger partial charge on any atom is 0.239 e. The molecule has 3 atom stereocenters. The Kier molecular flexibility index (Phi) is 4.95. The summed E-state index contributed by atoms with van der Waals surface area (Å²) in [4.78, 5) is 16.5. The smallest absolute Gasteiger partial charge is 0.239 e. The van der Waals surface area contributed by atoms with Gasteiger partial charge in [0.15, 0.2) is 0 Å². The van der Waals surface area contributed by atoms with Crippen LogP contribution in [0.25, 0.3) is 0 Å². The minimum atomic E-state index is -0.335. The fourth-order valence-corrected chi connectivity index (χ4v) is 2.43. The van der Waals surface area contributed by atoms with Gasteiger partial charge in [0.05, 0.1) is 6.04 Å². The van der Waals surface area contributed by atoms with E-state index in [-0.39, 0.29) is 11.9 Å². The zero-order chi connectivity index (χ0) is 13.2. The average molecular weight is 241 g/mol. The van der Waals surface area contributed by atoms with Crippen LogP contribution in [0.3, 0.4) is 0 Å². The van der Waals surface area contributed by atoms with Crippen LogP contribution in [0.4, 0.5) is 0 Å². The third kappa shape index (κ3) is 3.68. The van der Waals surface area contributed by atoms with Gasteiger partial charge in [0.2, 0.25) is 5.91 Å². The lowest BCUT2D eigenvalue weighted by molar-refractivity contribution is -0.136. The maximum atomic E-state index is 12.2. The van der Waals surface area contributed by atoms with E-state index in [4.69, 9.17) is 5.73 Å². The Morgan fingerprint density at radius 3 is 2.18 bits per heavy atom. The predicted molar refractivity (Wildman–Crippen MR) is 70.7 cm³/mol. The fraction of sp³-hybridized carbons (Fsp3) is 0.923. The first kappa shape index (κ1) is 14.5. The molecule has 1 rings (SSSR count). The van der Waals surface area contributed by atoms with Gasteiger partial charge < -0.3 is 10.6 Å². The second kappa shape index (κ2) is 5.83. The second-order valence-electron chi connectivity index (χ2n) is 5.84. The van der Waals surface area contributed by atoms with Crippen molar-refractivity contribution in [2.24, 2.45) is 11.7 Å². The van der Waals surface area contributed by atoms with Gasteiger partial charge >= 0.3 is 0 Å². The first-order chi connectivity index (χ1) is 7.82. The van der Waals surface area contributed by atoms with E-state index in [0.717, 1.165) is 19.5 Å². The molecule has 2 unspecified atom stereocenters. The highest BCUT2D eigenvalue weighted by Crippen LogP contribution is 2.15. The summed E-state index contributed by atoms with van der Waals surface area (Å²) in [5.74, 6) is 0.585. The Bertz CT molecular complexity index is 255. The number of carbonyl (C=O) groups is 1. The van der Waals surface area contributed by atoms with Gasteiger partial charge in [-0.05, 0) is 33.2 Å². The highest BCUT2D eigenvalue weighted by atomic mass is 16.2. The molecule has 1 aliphatic heterocycles. The number of hydrogen-bond acceptors (Lipinski definition) is 3. The summed E-state index contributed by atoms with van der Waals surface area (Å²) in [6.45, 7) is 10.1. The zero-order valence-electron chi connectivity index (χ0n) is 11.8. The van der Waals surface area contributed by atoms with Gasteiger partial charge in [-0.3, -0.25) is 9.69 Å². The number of nitrogens with two attached hydrogens (primary N) is 1. The molecule has 1 heterocycles. The predicted octanol–water partition coefficient (Wildman–Crippen LogP) is 0.911. The van der Waals surface area contributed by atoms with Crippen molar-refractivity contribution in [3.05, 3.63) is 0 Å². The number of carbonyl (C=O) groups excluding carboxylic acids is 1. The number of piperazine rings is 1. The Balaban J connectivity index is 2.58. The van der Waals surface area contributed by atoms with Crippen molar-refractivity contribution in [1.29, 1.82) is 0 Å². The fourth-order valence-electron chi connectivity index (χ4n) is 2.43.